The maximum absolute atomic E-state index is 8.78. The van der Waals surface area contributed by atoms with Gasteiger partial charge in [0.25, 0.3) is 0 Å². The SMILES string of the molecule is Cc1c(N)nc(C(C)(C)C)nc1NCCO. The van der Waals surface area contributed by atoms with Crippen molar-refractivity contribution in [3.8, 4) is 0 Å². The van der Waals surface area contributed by atoms with E-state index in [9.17, 15) is 0 Å². The Hall–Kier alpha value is -1.36. The molecule has 90 valence electrons. The molecule has 0 saturated heterocycles. The average molecular weight is 224 g/mol. The Morgan fingerprint density at radius 3 is 2.44 bits per heavy atom. The van der Waals surface area contributed by atoms with Crippen LogP contribution in [-0.2, 0) is 5.41 Å². The van der Waals surface area contributed by atoms with E-state index < -0.39 is 0 Å². The number of nitrogens with zero attached hydrogens (tertiary/aromatic N) is 2. The van der Waals surface area contributed by atoms with E-state index in [4.69, 9.17) is 10.8 Å². The molecular formula is C11H20N4O. The summed E-state index contributed by atoms with van der Waals surface area (Å²) in [5, 5.41) is 11.8. The molecule has 0 atom stereocenters. The summed E-state index contributed by atoms with van der Waals surface area (Å²) in [6.45, 7) is 8.49. The van der Waals surface area contributed by atoms with Gasteiger partial charge in [0, 0.05) is 17.5 Å². The van der Waals surface area contributed by atoms with Crippen molar-refractivity contribution < 1.29 is 5.11 Å². The topological polar surface area (TPSA) is 84.1 Å². The minimum atomic E-state index is -0.141. The molecule has 1 rings (SSSR count). The quantitative estimate of drug-likeness (QED) is 0.715. The lowest BCUT2D eigenvalue weighted by Gasteiger charge is -2.19. The first-order valence-electron chi connectivity index (χ1n) is 5.35. The van der Waals surface area contributed by atoms with E-state index in [0.29, 0.717) is 24.0 Å². The molecule has 0 aromatic carbocycles. The van der Waals surface area contributed by atoms with Gasteiger partial charge in [0.2, 0.25) is 0 Å². The monoisotopic (exact) mass is 224 g/mol. The van der Waals surface area contributed by atoms with Crippen LogP contribution < -0.4 is 11.1 Å². The predicted octanol–water partition coefficient (Wildman–Crippen LogP) is 1.07. The van der Waals surface area contributed by atoms with Gasteiger partial charge in [-0.05, 0) is 6.92 Å². The summed E-state index contributed by atoms with van der Waals surface area (Å²) in [4.78, 5) is 8.71. The van der Waals surface area contributed by atoms with Gasteiger partial charge in [-0.2, -0.15) is 0 Å². The molecule has 0 unspecified atom stereocenters. The lowest BCUT2D eigenvalue weighted by Crippen LogP contribution is -2.20. The number of aliphatic hydroxyl groups is 1. The van der Waals surface area contributed by atoms with Gasteiger partial charge in [0.05, 0.1) is 6.61 Å². The van der Waals surface area contributed by atoms with Crippen LogP contribution in [0.3, 0.4) is 0 Å². The molecule has 16 heavy (non-hydrogen) atoms. The van der Waals surface area contributed by atoms with Crippen LogP contribution >= 0.6 is 0 Å². The lowest BCUT2D eigenvalue weighted by atomic mass is 9.95. The molecule has 5 nitrogen and oxygen atoms in total. The summed E-state index contributed by atoms with van der Waals surface area (Å²) in [7, 11) is 0. The fourth-order valence-corrected chi connectivity index (χ4v) is 1.22. The molecule has 0 amide bonds. The standard InChI is InChI=1S/C11H20N4O/c1-7-8(12)14-10(11(2,3)4)15-9(7)13-5-6-16/h16H,5-6H2,1-4H3,(H3,12,13,14,15). The molecule has 4 N–H and O–H groups in total. The number of hydrogen-bond acceptors (Lipinski definition) is 5. The number of rotatable bonds is 3. The predicted molar refractivity (Wildman–Crippen MR) is 65.5 cm³/mol. The number of nitrogens with two attached hydrogens (primary N) is 1. The van der Waals surface area contributed by atoms with Crippen molar-refractivity contribution in [2.45, 2.75) is 33.1 Å². The zero-order chi connectivity index (χ0) is 12.3. The van der Waals surface area contributed by atoms with Crippen molar-refractivity contribution in [2.24, 2.45) is 0 Å². The highest BCUT2D eigenvalue weighted by Crippen LogP contribution is 2.24. The third-order valence-electron chi connectivity index (χ3n) is 2.26. The zero-order valence-corrected chi connectivity index (χ0v) is 10.3. The highest BCUT2D eigenvalue weighted by Gasteiger charge is 2.20. The Balaban J connectivity index is 3.12. The summed E-state index contributed by atoms with van der Waals surface area (Å²) in [5.41, 5.74) is 6.52. The first-order chi connectivity index (χ1) is 7.36. The second kappa shape index (κ2) is 4.65. The normalized spacial score (nSPS) is 11.6. The van der Waals surface area contributed by atoms with Crippen molar-refractivity contribution in [1.82, 2.24) is 9.97 Å². The molecule has 1 heterocycles. The fourth-order valence-electron chi connectivity index (χ4n) is 1.22. The molecule has 0 fully saturated rings. The Bertz CT molecular complexity index is 371. The van der Waals surface area contributed by atoms with Gasteiger partial charge >= 0.3 is 0 Å². The number of nitrogens with one attached hydrogen (secondary N) is 1. The average Bonchev–Trinajstić information content (AvgIpc) is 2.18. The summed E-state index contributed by atoms with van der Waals surface area (Å²) < 4.78 is 0. The highest BCUT2D eigenvalue weighted by molar-refractivity contribution is 5.55. The van der Waals surface area contributed by atoms with Crippen molar-refractivity contribution in [3.63, 3.8) is 0 Å². The lowest BCUT2D eigenvalue weighted by molar-refractivity contribution is 0.311. The van der Waals surface area contributed by atoms with Gasteiger partial charge < -0.3 is 16.2 Å². The van der Waals surface area contributed by atoms with Crippen molar-refractivity contribution >= 4 is 11.6 Å². The van der Waals surface area contributed by atoms with Crippen LogP contribution in [0, 0.1) is 6.92 Å². The fraction of sp³-hybridized carbons (Fsp3) is 0.636. The summed E-state index contributed by atoms with van der Waals surface area (Å²) in [6, 6.07) is 0. The molecule has 1 aromatic heterocycles. The van der Waals surface area contributed by atoms with Crippen molar-refractivity contribution in [2.75, 3.05) is 24.2 Å². The largest absolute Gasteiger partial charge is 0.395 e. The third kappa shape index (κ3) is 2.82. The van der Waals surface area contributed by atoms with Crippen LogP contribution in [-0.4, -0.2) is 28.2 Å². The number of nitrogen functional groups attached to an aromatic ring is 1. The molecule has 0 saturated carbocycles. The smallest absolute Gasteiger partial charge is 0.138 e. The number of hydrogen-bond donors (Lipinski definition) is 3. The molecular weight excluding hydrogens is 204 g/mol. The first-order valence-corrected chi connectivity index (χ1v) is 5.35. The molecule has 0 aliphatic heterocycles. The minimum Gasteiger partial charge on any atom is -0.395 e. The summed E-state index contributed by atoms with van der Waals surface area (Å²) >= 11 is 0. The number of aromatic nitrogens is 2. The molecule has 0 aliphatic rings. The van der Waals surface area contributed by atoms with Crippen LogP contribution in [0.25, 0.3) is 0 Å². The van der Waals surface area contributed by atoms with Gasteiger partial charge in [0.1, 0.15) is 17.5 Å². The maximum atomic E-state index is 8.78. The molecule has 0 aliphatic carbocycles. The van der Waals surface area contributed by atoms with Gasteiger partial charge in [-0.3, -0.25) is 0 Å². The van der Waals surface area contributed by atoms with Crippen LogP contribution in [0.15, 0.2) is 0 Å². The van der Waals surface area contributed by atoms with E-state index in [1.165, 1.54) is 0 Å². The van der Waals surface area contributed by atoms with Crippen LogP contribution in [0.2, 0.25) is 0 Å². The third-order valence-corrected chi connectivity index (χ3v) is 2.26. The molecule has 1 aromatic rings. The number of anilines is 2. The van der Waals surface area contributed by atoms with E-state index >= 15 is 0 Å². The Kier molecular flexibility index (Phi) is 3.70. The maximum Gasteiger partial charge on any atom is 0.138 e. The van der Waals surface area contributed by atoms with E-state index in [2.05, 4.69) is 15.3 Å². The van der Waals surface area contributed by atoms with Crippen LogP contribution in [0.4, 0.5) is 11.6 Å². The van der Waals surface area contributed by atoms with Crippen molar-refractivity contribution in [3.05, 3.63) is 11.4 Å². The van der Waals surface area contributed by atoms with E-state index in [0.717, 1.165) is 5.56 Å². The van der Waals surface area contributed by atoms with E-state index in [1.54, 1.807) is 0 Å². The Labute approximate surface area is 96.1 Å². The minimum absolute atomic E-state index is 0.0637. The Morgan fingerprint density at radius 2 is 1.94 bits per heavy atom. The second-order valence-corrected chi connectivity index (χ2v) is 4.81. The van der Waals surface area contributed by atoms with Gasteiger partial charge in [-0.1, -0.05) is 20.8 Å². The highest BCUT2D eigenvalue weighted by atomic mass is 16.3. The van der Waals surface area contributed by atoms with Crippen molar-refractivity contribution in [1.29, 1.82) is 0 Å². The second-order valence-electron chi connectivity index (χ2n) is 4.81. The molecule has 5 heteroatoms. The molecule has 0 spiro atoms. The summed E-state index contributed by atoms with van der Waals surface area (Å²) in [5.74, 6) is 1.89. The molecule has 0 radical (unpaired) electrons. The van der Waals surface area contributed by atoms with Crippen LogP contribution in [0.1, 0.15) is 32.2 Å². The van der Waals surface area contributed by atoms with Gasteiger partial charge in [-0.25, -0.2) is 9.97 Å². The molecule has 0 bridgehead atoms. The van der Waals surface area contributed by atoms with E-state index in [-0.39, 0.29) is 12.0 Å². The number of aliphatic hydroxyl groups excluding tert-OH is 1. The zero-order valence-electron chi connectivity index (χ0n) is 10.3. The van der Waals surface area contributed by atoms with Gasteiger partial charge in [-0.15, -0.1) is 0 Å². The first kappa shape index (κ1) is 12.7. The van der Waals surface area contributed by atoms with Gasteiger partial charge in [0.15, 0.2) is 0 Å². The Morgan fingerprint density at radius 1 is 1.31 bits per heavy atom. The van der Waals surface area contributed by atoms with Crippen LogP contribution in [0.5, 0.6) is 0 Å². The summed E-state index contributed by atoms with van der Waals surface area (Å²) in [6.07, 6.45) is 0. The van der Waals surface area contributed by atoms with E-state index in [1.807, 2.05) is 27.7 Å².